The summed E-state index contributed by atoms with van der Waals surface area (Å²) in [5.41, 5.74) is 2.19. The molecule has 3 unspecified atom stereocenters. The van der Waals surface area contributed by atoms with E-state index in [0.29, 0.717) is 18.9 Å². The maximum absolute atomic E-state index is 14.2. The summed E-state index contributed by atoms with van der Waals surface area (Å²) < 4.78 is 14.2. The molecule has 5 nitrogen and oxygen atoms in total. The number of benzene rings is 2. The molecule has 2 aliphatic heterocycles. The van der Waals surface area contributed by atoms with Crippen molar-refractivity contribution in [3.63, 3.8) is 0 Å². The number of piperidine rings is 1. The van der Waals surface area contributed by atoms with Crippen LogP contribution in [-0.2, 0) is 11.2 Å². The summed E-state index contributed by atoms with van der Waals surface area (Å²) in [5, 5.41) is 11.3. The Morgan fingerprint density at radius 1 is 1.10 bits per heavy atom. The third-order valence-corrected chi connectivity index (χ3v) is 9.69. The van der Waals surface area contributed by atoms with Crippen LogP contribution in [0.1, 0.15) is 72.9 Å². The molecule has 1 N–H and O–H groups in total. The number of halogens is 1. The Bertz CT molecular complexity index is 1270. The molecule has 214 valence electrons. The van der Waals surface area contributed by atoms with Gasteiger partial charge in [0, 0.05) is 43.0 Å². The standard InChI is InChI=1S/C33H42FN3O2S/c1-33(2,3)18-29(32(38)39)37-21-26(28(22-37)25-10-7-11-27(34)17-25)20-36-14-12-24(13-15-36)30-19-35-31(40-30)16-23-8-5-4-6-9-23/h4-11,17,19,24,26,28-29H,12-16,18,20-22H2,1-3H3,(H,38,39). The third-order valence-electron chi connectivity index (χ3n) is 8.53. The van der Waals surface area contributed by atoms with Crippen LogP contribution in [0.3, 0.4) is 0 Å². The Morgan fingerprint density at radius 2 is 1.85 bits per heavy atom. The van der Waals surface area contributed by atoms with Gasteiger partial charge in [-0.15, -0.1) is 11.3 Å². The van der Waals surface area contributed by atoms with Gasteiger partial charge < -0.3 is 10.0 Å². The first kappa shape index (κ1) is 28.9. The minimum absolute atomic E-state index is 0.0883. The van der Waals surface area contributed by atoms with Crippen LogP contribution >= 0.6 is 11.3 Å². The average Bonchev–Trinajstić information content (AvgIpc) is 3.55. The Morgan fingerprint density at radius 3 is 2.52 bits per heavy atom. The zero-order chi connectivity index (χ0) is 28.3. The van der Waals surface area contributed by atoms with E-state index < -0.39 is 12.0 Å². The molecule has 0 amide bonds. The first-order valence-electron chi connectivity index (χ1n) is 14.6. The number of aromatic nitrogens is 1. The van der Waals surface area contributed by atoms with E-state index in [4.69, 9.17) is 4.98 Å². The summed E-state index contributed by atoms with van der Waals surface area (Å²) in [6, 6.07) is 16.9. The van der Waals surface area contributed by atoms with Crippen molar-refractivity contribution in [2.24, 2.45) is 11.3 Å². The zero-order valence-corrected chi connectivity index (χ0v) is 24.7. The van der Waals surface area contributed by atoms with Gasteiger partial charge in [0.2, 0.25) is 0 Å². The van der Waals surface area contributed by atoms with Crippen LogP contribution in [0.15, 0.2) is 60.8 Å². The fourth-order valence-corrected chi connectivity index (χ4v) is 7.63. The molecule has 0 radical (unpaired) electrons. The highest BCUT2D eigenvalue weighted by molar-refractivity contribution is 7.11. The second-order valence-electron chi connectivity index (χ2n) is 12.9. The fourth-order valence-electron chi connectivity index (χ4n) is 6.51. The molecule has 40 heavy (non-hydrogen) atoms. The van der Waals surface area contributed by atoms with Crippen LogP contribution in [0, 0.1) is 17.2 Å². The lowest BCUT2D eigenvalue weighted by molar-refractivity contribution is -0.144. The predicted molar refractivity (Wildman–Crippen MR) is 159 cm³/mol. The van der Waals surface area contributed by atoms with Crippen LogP contribution in [0.5, 0.6) is 0 Å². The summed E-state index contributed by atoms with van der Waals surface area (Å²) >= 11 is 1.85. The van der Waals surface area contributed by atoms with Gasteiger partial charge in [0.25, 0.3) is 0 Å². The van der Waals surface area contributed by atoms with Gasteiger partial charge >= 0.3 is 5.97 Å². The molecule has 2 saturated heterocycles. The minimum atomic E-state index is -0.759. The van der Waals surface area contributed by atoms with Gasteiger partial charge in [0.15, 0.2) is 0 Å². The fraction of sp³-hybridized carbons (Fsp3) is 0.515. The lowest BCUT2D eigenvalue weighted by Crippen LogP contribution is -2.43. The van der Waals surface area contributed by atoms with Crippen molar-refractivity contribution >= 4 is 17.3 Å². The van der Waals surface area contributed by atoms with Crippen LogP contribution in [0.4, 0.5) is 4.39 Å². The zero-order valence-electron chi connectivity index (χ0n) is 23.9. The topological polar surface area (TPSA) is 56.7 Å². The molecule has 0 aliphatic carbocycles. The number of rotatable bonds is 9. The van der Waals surface area contributed by atoms with Crippen molar-refractivity contribution in [3.8, 4) is 0 Å². The van der Waals surface area contributed by atoms with Crippen LogP contribution < -0.4 is 0 Å². The highest BCUT2D eigenvalue weighted by Crippen LogP contribution is 2.38. The van der Waals surface area contributed by atoms with E-state index in [1.54, 1.807) is 12.1 Å². The van der Waals surface area contributed by atoms with Gasteiger partial charge in [-0.3, -0.25) is 9.69 Å². The smallest absolute Gasteiger partial charge is 0.320 e. The van der Waals surface area contributed by atoms with Crippen molar-refractivity contribution in [2.45, 2.75) is 64.3 Å². The minimum Gasteiger partial charge on any atom is -0.480 e. The number of carboxylic acid groups (broad SMARTS) is 1. The molecule has 3 heterocycles. The lowest BCUT2D eigenvalue weighted by Gasteiger charge is -2.34. The van der Waals surface area contributed by atoms with Crippen molar-refractivity contribution in [1.29, 1.82) is 0 Å². The number of likely N-dealkylation sites (tertiary alicyclic amines) is 2. The molecule has 1 aromatic heterocycles. The second kappa shape index (κ2) is 12.5. The molecule has 0 spiro atoms. The maximum Gasteiger partial charge on any atom is 0.320 e. The predicted octanol–water partition coefficient (Wildman–Crippen LogP) is 6.66. The normalized spacial score (nSPS) is 22.0. The van der Waals surface area contributed by atoms with E-state index in [1.165, 1.54) is 21.5 Å². The molecule has 3 atom stereocenters. The Balaban J connectivity index is 1.23. The summed E-state index contributed by atoms with van der Waals surface area (Å²) in [5.74, 6) is -0.0550. The first-order valence-corrected chi connectivity index (χ1v) is 15.4. The third kappa shape index (κ3) is 7.36. The number of nitrogens with zero attached hydrogens (tertiary/aromatic N) is 3. The number of hydrogen-bond donors (Lipinski definition) is 1. The lowest BCUT2D eigenvalue weighted by atomic mass is 9.87. The summed E-state index contributed by atoms with van der Waals surface area (Å²) in [6.07, 6.45) is 5.78. The van der Waals surface area contributed by atoms with E-state index in [0.717, 1.165) is 51.0 Å². The summed E-state index contributed by atoms with van der Waals surface area (Å²) in [6.45, 7) is 10.6. The van der Waals surface area contributed by atoms with Crippen LogP contribution in [-0.4, -0.2) is 64.6 Å². The average molecular weight is 564 g/mol. The molecule has 2 fully saturated rings. The van der Waals surface area contributed by atoms with Gasteiger partial charge in [0.05, 0.1) is 5.01 Å². The molecule has 5 rings (SSSR count). The quantitative estimate of drug-likeness (QED) is 0.316. The second-order valence-corrected chi connectivity index (χ2v) is 14.0. The highest BCUT2D eigenvalue weighted by atomic mass is 32.1. The van der Waals surface area contributed by atoms with Gasteiger partial charge in [-0.1, -0.05) is 63.2 Å². The first-order chi connectivity index (χ1) is 19.1. The molecular weight excluding hydrogens is 521 g/mol. The maximum atomic E-state index is 14.2. The molecular formula is C33H42FN3O2S. The molecule has 0 saturated carbocycles. The number of carbonyl (C=O) groups is 1. The van der Waals surface area contributed by atoms with E-state index >= 15 is 0 Å². The van der Waals surface area contributed by atoms with Crippen LogP contribution in [0.2, 0.25) is 0 Å². The van der Waals surface area contributed by atoms with Gasteiger partial charge in [0.1, 0.15) is 11.9 Å². The van der Waals surface area contributed by atoms with Crippen molar-refractivity contribution in [1.82, 2.24) is 14.8 Å². The van der Waals surface area contributed by atoms with Gasteiger partial charge in [-0.25, -0.2) is 9.37 Å². The molecule has 0 bridgehead atoms. The molecule has 7 heteroatoms. The molecule has 3 aromatic rings. The Labute approximate surface area is 242 Å². The van der Waals surface area contributed by atoms with Gasteiger partial charge in [-0.2, -0.15) is 0 Å². The monoisotopic (exact) mass is 563 g/mol. The number of aliphatic carboxylic acids is 1. The molecule has 2 aromatic carbocycles. The van der Waals surface area contributed by atoms with E-state index in [9.17, 15) is 14.3 Å². The van der Waals surface area contributed by atoms with E-state index in [-0.39, 0.29) is 23.1 Å². The molecule has 2 aliphatic rings. The largest absolute Gasteiger partial charge is 0.480 e. The van der Waals surface area contributed by atoms with Crippen molar-refractivity contribution in [2.75, 3.05) is 32.7 Å². The van der Waals surface area contributed by atoms with Gasteiger partial charge in [-0.05, 0) is 72.9 Å². The number of carboxylic acids is 1. The van der Waals surface area contributed by atoms with E-state index in [2.05, 4.69) is 61.0 Å². The van der Waals surface area contributed by atoms with E-state index in [1.807, 2.05) is 23.5 Å². The Kier molecular flexibility index (Phi) is 9.03. The van der Waals surface area contributed by atoms with Crippen molar-refractivity contribution < 1.29 is 14.3 Å². The van der Waals surface area contributed by atoms with Crippen molar-refractivity contribution in [3.05, 3.63) is 87.6 Å². The number of hydrogen-bond acceptors (Lipinski definition) is 5. The Hall–Kier alpha value is -2.61. The van der Waals surface area contributed by atoms with Crippen LogP contribution in [0.25, 0.3) is 0 Å². The SMILES string of the molecule is CC(C)(C)CC(C(=O)O)N1CC(CN2CCC(c3cnc(Cc4ccccc4)s3)CC2)C(c2cccc(F)c2)C1. The highest BCUT2D eigenvalue weighted by Gasteiger charge is 2.41. The summed E-state index contributed by atoms with van der Waals surface area (Å²) in [7, 11) is 0. The number of thiazole rings is 1. The summed E-state index contributed by atoms with van der Waals surface area (Å²) in [4.78, 5) is 23.1.